The first-order chi connectivity index (χ1) is 14.6. The molecule has 3 aromatic rings. The zero-order valence-corrected chi connectivity index (χ0v) is 18.3. The van der Waals surface area contributed by atoms with Gasteiger partial charge in [-0.15, -0.1) is 21.8 Å². The van der Waals surface area contributed by atoms with Crippen LogP contribution in [0.5, 0.6) is 0 Å². The summed E-state index contributed by atoms with van der Waals surface area (Å²) in [7, 11) is -3.73. The van der Waals surface area contributed by atoms with E-state index < -0.39 is 10.0 Å². The topological polar surface area (TPSA) is 76.9 Å². The van der Waals surface area contributed by atoms with Crippen molar-refractivity contribution in [3.05, 3.63) is 59.9 Å². The van der Waals surface area contributed by atoms with Crippen LogP contribution in [0.15, 0.2) is 53.4 Å². The lowest BCUT2D eigenvalue weighted by atomic mass is 10.1. The van der Waals surface area contributed by atoms with Crippen molar-refractivity contribution >= 4 is 27.3 Å². The Kier molecular flexibility index (Phi) is 6.39. The van der Waals surface area contributed by atoms with E-state index in [1.807, 2.05) is 30.3 Å². The quantitative estimate of drug-likeness (QED) is 0.538. The van der Waals surface area contributed by atoms with E-state index in [0.717, 1.165) is 62.0 Å². The molecule has 0 radical (unpaired) electrons. The highest BCUT2D eigenvalue weighted by Crippen LogP contribution is 2.30. The number of rotatable bonds is 7. The van der Waals surface area contributed by atoms with E-state index in [1.54, 1.807) is 18.2 Å². The van der Waals surface area contributed by atoms with Gasteiger partial charge in [0.15, 0.2) is 5.82 Å². The van der Waals surface area contributed by atoms with Crippen LogP contribution in [-0.2, 0) is 29.4 Å². The van der Waals surface area contributed by atoms with Crippen LogP contribution in [0.2, 0.25) is 0 Å². The van der Waals surface area contributed by atoms with Crippen molar-refractivity contribution in [3.63, 3.8) is 0 Å². The predicted octanol–water partition coefficient (Wildman–Crippen LogP) is 4.64. The SMILES string of the molecule is O=S(=O)(Nc1ccccc1-c1nnc2n1CCCCC2)c1ccc(CCCCl)cc1. The highest BCUT2D eigenvalue weighted by atomic mass is 35.5. The number of fused-ring (bicyclic) bond motifs is 1. The van der Waals surface area contributed by atoms with Crippen LogP contribution in [0.4, 0.5) is 5.69 Å². The Labute approximate surface area is 182 Å². The van der Waals surface area contributed by atoms with Crippen molar-refractivity contribution in [1.82, 2.24) is 14.8 Å². The van der Waals surface area contributed by atoms with Crippen LogP contribution in [0, 0.1) is 0 Å². The molecule has 2 heterocycles. The van der Waals surface area contributed by atoms with Crippen LogP contribution in [0.25, 0.3) is 11.4 Å². The van der Waals surface area contributed by atoms with Gasteiger partial charge >= 0.3 is 0 Å². The molecule has 4 rings (SSSR count). The lowest BCUT2D eigenvalue weighted by Crippen LogP contribution is -2.14. The van der Waals surface area contributed by atoms with Crippen molar-refractivity contribution in [3.8, 4) is 11.4 Å². The molecule has 1 aliphatic heterocycles. The number of hydrogen-bond acceptors (Lipinski definition) is 4. The maximum atomic E-state index is 13.0. The molecular weight excluding hydrogens is 420 g/mol. The minimum absolute atomic E-state index is 0.229. The predicted molar refractivity (Wildman–Crippen MR) is 119 cm³/mol. The number of anilines is 1. The largest absolute Gasteiger partial charge is 0.311 e. The van der Waals surface area contributed by atoms with E-state index in [1.165, 1.54) is 0 Å². The average molecular weight is 445 g/mol. The molecule has 0 unspecified atom stereocenters. The van der Waals surface area contributed by atoms with E-state index >= 15 is 0 Å². The van der Waals surface area contributed by atoms with Gasteiger partial charge in [0, 0.05) is 24.4 Å². The standard InChI is InChI=1S/C22H25ClN4O2S/c23-15-6-7-17-11-13-18(14-12-17)30(28,29)26-20-9-4-3-8-19(20)22-25-24-21-10-2-1-5-16-27(21)22/h3-4,8-9,11-14,26H,1-2,5-7,10,15-16H2. The minimum atomic E-state index is -3.73. The van der Waals surface area contributed by atoms with Gasteiger partial charge in [0.25, 0.3) is 10.0 Å². The van der Waals surface area contributed by atoms with Gasteiger partial charge in [-0.1, -0.05) is 30.7 Å². The second-order valence-corrected chi connectivity index (χ2v) is 9.55. The average Bonchev–Trinajstić information content (AvgIpc) is 3.00. The molecule has 158 valence electrons. The van der Waals surface area contributed by atoms with Gasteiger partial charge in [-0.25, -0.2) is 8.42 Å². The summed E-state index contributed by atoms with van der Waals surface area (Å²) < 4.78 is 30.9. The second kappa shape index (κ2) is 9.18. The van der Waals surface area contributed by atoms with Crippen LogP contribution in [0.3, 0.4) is 0 Å². The zero-order valence-electron chi connectivity index (χ0n) is 16.7. The van der Waals surface area contributed by atoms with Gasteiger partial charge in [-0.05, 0) is 55.5 Å². The molecule has 0 amide bonds. The molecule has 1 aromatic heterocycles. The molecule has 1 N–H and O–H groups in total. The minimum Gasteiger partial charge on any atom is -0.311 e. The highest BCUT2D eigenvalue weighted by Gasteiger charge is 2.21. The number of aromatic nitrogens is 3. The third-order valence-corrected chi connectivity index (χ3v) is 7.00. The summed E-state index contributed by atoms with van der Waals surface area (Å²) in [5.74, 6) is 2.26. The summed E-state index contributed by atoms with van der Waals surface area (Å²) in [6.45, 7) is 0.850. The number of nitrogens with zero attached hydrogens (tertiary/aromatic N) is 3. The molecule has 0 fully saturated rings. The lowest BCUT2D eigenvalue weighted by Gasteiger charge is -2.14. The number of benzene rings is 2. The Hall–Kier alpha value is -2.38. The van der Waals surface area contributed by atoms with Gasteiger partial charge in [0.05, 0.1) is 10.6 Å². The van der Waals surface area contributed by atoms with E-state index in [2.05, 4.69) is 19.5 Å². The number of sulfonamides is 1. The molecule has 0 aliphatic carbocycles. The van der Waals surface area contributed by atoms with Crippen molar-refractivity contribution in [2.24, 2.45) is 0 Å². The summed E-state index contributed by atoms with van der Waals surface area (Å²) in [5, 5.41) is 8.73. The number of hydrogen-bond donors (Lipinski definition) is 1. The molecule has 0 saturated carbocycles. The lowest BCUT2D eigenvalue weighted by molar-refractivity contribution is 0.601. The monoisotopic (exact) mass is 444 g/mol. The maximum Gasteiger partial charge on any atom is 0.261 e. The Bertz CT molecular complexity index is 1110. The van der Waals surface area contributed by atoms with Crippen LogP contribution < -0.4 is 4.72 Å². The fraction of sp³-hybridized carbons (Fsp3) is 0.364. The maximum absolute atomic E-state index is 13.0. The number of halogens is 1. The van der Waals surface area contributed by atoms with E-state index in [4.69, 9.17) is 11.6 Å². The molecule has 0 atom stereocenters. The molecule has 30 heavy (non-hydrogen) atoms. The number of aryl methyl sites for hydroxylation is 2. The van der Waals surface area contributed by atoms with Gasteiger partial charge in [-0.2, -0.15) is 0 Å². The van der Waals surface area contributed by atoms with Gasteiger partial charge in [-0.3, -0.25) is 4.72 Å². The molecule has 1 aliphatic rings. The second-order valence-electron chi connectivity index (χ2n) is 7.49. The normalized spacial score (nSPS) is 14.2. The molecule has 8 heteroatoms. The Balaban J connectivity index is 1.62. The fourth-order valence-electron chi connectivity index (χ4n) is 3.76. The first-order valence-corrected chi connectivity index (χ1v) is 12.3. The van der Waals surface area contributed by atoms with Crippen molar-refractivity contribution in [2.75, 3.05) is 10.6 Å². The van der Waals surface area contributed by atoms with E-state index in [0.29, 0.717) is 17.4 Å². The Morgan fingerprint density at radius 3 is 2.60 bits per heavy atom. The third kappa shape index (κ3) is 4.52. The van der Waals surface area contributed by atoms with Crippen molar-refractivity contribution in [2.45, 2.75) is 50.0 Å². The number of alkyl halides is 1. The Morgan fingerprint density at radius 1 is 1.00 bits per heavy atom. The highest BCUT2D eigenvalue weighted by molar-refractivity contribution is 7.92. The van der Waals surface area contributed by atoms with Gasteiger partial charge in [0.1, 0.15) is 5.82 Å². The summed E-state index contributed by atoms with van der Waals surface area (Å²) in [6, 6.07) is 14.3. The third-order valence-electron chi connectivity index (χ3n) is 5.35. The first-order valence-electron chi connectivity index (χ1n) is 10.3. The number of para-hydroxylation sites is 1. The van der Waals surface area contributed by atoms with Crippen LogP contribution in [0.1, 0.15) is 37.1 Å². The summed E-state index contributed by atoms with van der Waals surface area (Å²) in [5.41, 5.74) is 2.31. The van der Waals surface area contributed by atoms with Crippen molar-refractivity contribution in [1.29, 1.82) is 0 Å². The summed E-state index contributed by atoms with van der Waals surface area (Å²) in [4.78, 5) is 0.229. The molecular formula is C22H25ClN4O2S. The Morgan fingerprint density at radius 2 is 1.80 bits per heavy atom. The van der Waals surface area contributed by atoms with E-state index in [-0.39, 0.29) is 4.90 Å². The molecule has 0 bridgehead atoms. The van der Waals surface area contributed by atoms with Crippen molar-refractivity contribution < 1.29 is 8.42 Å². The zero-order chi connectivity index (χ0) is 21.0. The summed E-state index contributed by atoms with van der Waals surface area (Å²) >= 11 is 5.74. The van der Waals surface area contributed by atoms with Crippen LogP contribution in [-0.4, -0.2) is 29.1 Å². The van der Waals surface area contributed by atoms with E-state index in [9.17, 15) is 8.42 Å². The van der Waals surface area contributed by atoms with Crippen LogP contribution >= 0.6 is 11.6 Å². The molecule has 2 aromatic carbocycles. The molecule has 0 saturated heterocycles. The summed E-state index contributed by atoms with van der Waals surface area (Å²) in [6.07, 6.45) is 5.93. The first kappa shape index (κ1) is 20.9. The smallest absolute Gasteiger partial charge is 0.261 e. The fourth-order valence-corrected chi connectivity index (χ4v) is 4.97. The van der Waals surface area contributed by atoms with Gasteiger partial charge in [0.2, 0.25) is 0 Å². The number of nitrogens with one attached hydrogen (secondary N) is 1. The van der Waals surface area contributed by atoms with Gasteiger partial charge < -0.3 is 4.57 Å². The molecule has 0 spiro atoms. The molecule has 6 nitrogen and oxygen atoms in total.